The summed E-state index contributed by atoms with van der Waals surface area (Å²) in [5.41, 5.74) is 1.76. The van der Waals surface area contributed by atoms with Crippen molar-refractivity contribution in [3.8, 4) is 0 Å². The molecule has 0 aromatic rings. The normalized spacial score (nSPS) is 48.2. The summed E-state index contributed by atoms with van der Waals surface area (Å²) in [4.78, 5) is 25.8. The van der Waals surface area contributed by atoms with Gasteiger partial charge in [-0.1, -0.05) is 53.7 Å². The van der Waals surface area contributed by atoms with Crippen LogP contribution in [0.5, 0.6) is 0 Å². The Labute approximate surface area is 145 Å². The lowest BCUT2D eigenvalue weighted by molar-refractivity contribution is -0.125. The maximum Gasteiger partial charge on any atom is 0.165 e. The maximum absolute atomic E-state index is 13.0. The van der Waals surface area contributed by atoms with E-state index in [0.29, 0.717) is 17.5 Å². The molecule has 2 heteroatoms. The number of hydrogen-bond acceptors (Lipinski definition) is 2. The van der Waals surface area contributed by atoms with Gasteiger partial charge in [-0.15, -0.1) is 0 Å². The Hall–Kier alpha value is -1.18. The number of Topliss-reactive ketones (excluding diaryl/α,β-unsaturated/α-hetero) is 2. The van der Waals surface area contributed by atoms with Gasteiger partial charge in [0.2, 0.25) is 0 Å². The van der Waals surface area contributed by atoms with Crippen molar-refractivity contribution in [3.63, 3.8) is 0 Å². The fourth-order valence-corrected chi connectivity index (χ4v) is 6.46. The molecule has 0 amide bonds. The van der Waals surface area contributed by atoms with Crippen LogP contribution in [0.3, 0.4) is 0 Å². The molecule has 4 bridgehead atoms. The second kappa shape index (κ2) is 4.31. The fourth-order valence-electron chi connectivity index (χ4n) is 6.46. The molecule has 0 aliphatic heterocycles. The number of rotatable bonds is 1. The van der Waals surface area contributed by atoms with Gasteiger partial charge < -0.3 is 0 Å². The van der Waals surface area contributed by atoms with Crippen LogP contribution in [-0.4, -0.2) is 11.6 Å². The first kappa shape index (κ1) is 16.3. The Morgan fingerprint density at radius 2 is 1.33 bits per heavy atom. The van der Waals surface area contributed by atoms with Crippen molar-refractivity contribution in [1.82, 2.24) is 0 Å². The zero-order valence-electron chi connectivity index (χ0n) is 16.0. The van der Waals surface area contributed by atoms with Crippen molar-refractivity contribution in [2.45, 2.75) is 67.2 Å². The van der Waals surface area contributed by atoms with E-state index in [9.17, 15) is 9.59 Å². The summed E-state index contributed by atoms with van der Waals surface area (Å²) in [6.07, 6.45) is 8.26. The van der Waals surface area contributed by atoms with Crippen molar-refractivity contribution < 1.29 is 9.59 Å². The molecule has 4 aliphatic carbocycles. The highest BCUT2D eigenvalue weighted by Crippen LogP contribution is 2.67. The minimum Gasteiger partial charge on any atom is -0.294 e. The van der Waals surface area contributed by atoms with Gasteiger partial charge in [0, 0.05) is 22.3 Å². The van der Waals surface area contributed by atoms with Crippen LogP contribution in [0, 0.1) is 33.5 Å². The van der Waals surface area contributed by atoms with E-state index in [-0.39, 0.29) is 27.6 Å². The molecule has 0 aromatic carbocycles. The molecule has 2 nitrogen and oxygen atoms in total. The van der Waals surface area contributed by atoms with Gasteiger partial charge in [0.1, 0.15) is 0 Å². The number of carbonyl (C=O) groups is 2. The third kappa shape index (κ3) is 1.50. The van der Waals surface area contributed by atoms with E-state index in [1.54, 1.807) is 0 Å². The van der Waals surface area contributed by atoms with Crippen LogP contribution in [0.1, 0.15) is 67.2 Å². The van der Waals surface area contributed by atoms with Crippen LogP contribution >= 0.6 is 0 Å². The van der Waals surface area contributed by atoms with Crippen molar-refractivity contribution in [2.24, 2.45) is 33.5 Å². The predicted molar refractivity (Wildman–Crippen MR) is 95.4 cm³/mol. The zero-order valence-corrected chi connectivity index (χ0v) is 16.0. The molecule has 4 aliphatic rings. The first-order valence-electron chi connectivity index (χ1n) is 9.50. The van der Waals surface area contributed by atoms with Crippen LogP contribution in [-0.2, 0) is 9.59 Å². The van der Waals surface area contributed by atoms with Crippen molar-refractivity contribution in [3.05, 3.63) is 23.3 Å². The van der Waals surface area contributed by atoms with Gasteiger partial charge in [0.15, 0.2) is 11.6 Å². The average molecular weight is 326 g/mol. The third-order valence-corrected chi connectivity index (χ3v) is 9.20. The summed E-state index contributed by atoms with van der Waals surface area (Å²) in [6, 6.07) is 0. The second-order valence-corrected chi connectivity index (χ2v) is 10.2. The molecule has 0 radical (unpaired) electrons. The van der Waals surface area contributed by atoms with Crippen molar-refractivity contribution in [2.75, 3.05) is 0 Å². The Kier molecular flexibility index (Phi) is 2.93. The van der Waals surface area contributed by atoms with Gasteiger partial charge in [-0.3, -0.25) is 9.59 Å². The summed E-state index contributed by atoms with van der Waals surface area (Å²) in [7, 11) is 0. The molecule has 4 rings (SSSR count). The van der Waals surface area contributed by atoms with Gasteiger partial charge in [-0.2, -0.15) is 0 Å². The van der Waals surface area contributed by atoms with Crippen LogP contribution in [0.2, 0.25) is 0 Å². The quantitative estimate of drug-likeness (QED) is 0.643. The molecule has 24 heavy (non-hydrogen) atoms. The minimum absolute atomic E-state index is 0.0358. The maximum atomic E-state index is 13.0. The minimum atomic E-state index is -0.218. The van der Waals surface area contributed by atoms with Crippen LogP contribution in [0.25, 0.3) is 0 Å². The van der Waals surface area contributed by atoms with Crippen LogP contribution in [0.15, 0.2) is 23.3 Å². The zero-order chi connectivity index (χ0) is 17.7. The highest BCUT2D eigenvalue weighted by Gasteiger charge is 2.65. The van der Waals surface area contributed by atoms with E-state index in [2.05, 4.69) is 41.5 Å². The van der Waals surface area contributed by atoms with Crippen molar-refractivity contribution >= 4 is 11.6 Å². The standard InChI is InChI=1S/C22H30O2/c1-19(2)14-9-12-22(19,6)18(24)13(14)7-8-16-17(23)15-10-11-21(16,5)20(15,3)4/h7-8,14-15H,9-12H2,1-6H3/b13-7-,16-8-. The van der Waals surface area contributed by atoms with Gasteiger partial charge in [-0.05, 0) is 48.0 Å². The lowest BCUT2D eigenvalue weighted by atomic mass is 9.69. The second-order valence-electron chi connectivity index (χ2n) is 10.2. The highest BCUT2D eigenvalue weighted by atomic mass is 16.1. The van der Waals surface area contributed by atoms with E-state index < -0.39 is 0 Å². The Morgan fingerprint density at radius 3 is 1.83 bits per heavy atom. The molecule has 4 unspecified atom stereocenters. The molecular formula is C22H30O2. The third-order valence-electron chi connectivity index (χ3n) is 9.20. The lowest BCUT2D eigenvalue weighted by Gasteiger charge is -2.34. The SMILES string of the molecule is CC12CCC(/C(=C/C=C3/C(=O)C4CCC3(C)C4(C)C)C1=O)C2(C)C. The number of hydrogen-bond donors (Lipinski definition) is 0. The first-order chi connectivity index (χ1) is 11.0. The molecule has 4 fully saturated rings. The van der Waals surface area contributed by atoms with Gasteiger partial charge in [0.25, 0.3) is 0 Å². The molecular weight excluding hydrogens is 296 g/mol. The molecule has 0 heterocycles. The van der Waals surface area contributed by atoms with Crippen LogP contribution in [0.4, 0.5) is 0 Å². The van der Waals surface area contributed by atoms with Gasteiger partial charge >= 0.3 is 0 Å². The monoisotopic (exact) mass is 326 g/mol. The largest absolute Gasteiger partial charge is 0.294 e. The molecule has 4 atom stereocenters. The fraction of sp³-hybridized carbons (Fsp3) is 0.727. The van der Waals surface area contributed by atoms with Gasteiger partial charge in [0.05, 0.1) is 0 Å². The topological polar surface area (TPSA) is 34.1 Å². The van der Waals surface area contributed by atoms with E-state index >= 15 is 0 Å². The summed E-state index contributed by atoms with van der Waals surface area (Å²) in [5, 5.41) is 0. The lowest BCUT2D eigenvalue weighted by Crippen LogP contribution is -2.32. The predicted octanol–water partition coefficient (Wildman–Crippen LogP) is 4.89. The van der Waals surface area contributed by atoms with E-state index in [0.717, 1.165) is 36.8 Å². The molecule has 0 aromatic heterocycles. The molecule has 4 saturated carbocycles. The molecule has 130 valence electrons. The molecule has 0 N–H and O–H groups in total. The Morgan fingerprint density at radius 1 is 0.792 bits per heavy atom. The number of carbonyl (C=O) groups excluding carboxylic acids is 2. The first-order valence-corrected chi connectivity index (χ1v) is 9.50. The van der Waals surface area contributed by atoms with E-state index in [1.165, 1.54) is 0 Å². The molecule has 0 saturated heterocycles. The molecule has 0 spiro atoms. The number of ketones is 2. The van der Waals surface area contributed by atoms with E-state index in [1.807, 2.05) is 12.2 Å². The number of fused-ring (bicyclic) bond motifs is 4. The summed E-state index contributed by atoms with van der Waals surface area (Å²) < 4.78 is 0. The Bertz CT molecular complexity index is 720. The Balaban J connectivity index is 1.76. The average Bonchev–Trinajstić information content (AvgIpc) is 2.96. The summed E-state index contributed by atoms with van der Waals surface area (Å²) in [5.74, 6) is 1.16. The summed E-state index contributed by atoms with van der Waals surface area (Å²) in [6.45, 7) is 13.3. The van der Waals surface area contributed by atoms with Gasteiger partial charge in [-0.25, -0.2) is 0 Å². The van der Waals surface area contributed by atoms with Crippen LogP contribution < -0.4 is 0 Å². The van der Waals surface area contributed by atoms with E-state index in [4.69, 9.17) is 0 Å². The van der Waals surface area contributed by atoms with Crippen molar-refractivity contribution in [1.29, 1.82) is 0 Å². The summed E-state index contributed by atoms with van der Waals surface area (Å²) >= 11 is 0. The number of allylic oxidation sites excluding steroid dienone is 4. The smallest absolute Gasteiger partial charge is 0.165 e. The highest BCUT2D eigenvalue weighted by molar-refractivity contribution is 6.06.